The van der Waals surface area contributed by atoms with E-state index in [4.69, 9.17) is 10.5 Å². The molecule has 1 unspecified atom stereocenters. The Kier molecular flexibility index (Phi) is 3.37. The van der Waals surface area contributed by atoms with E-state index in [1.807, 2.05) is 31.2 Å². The van der Waals surface area contributed by atoms with E-state index >= 15 is 0 Å². The van der Waals surface area contributed by atoms with E-state index < -0.39 is 4.92 Å². The fraction of sp³-hybridized carbons (Fsp3) is 0.250. The van der Waals surface area contributed by atoms with E-state index in [1.165, 1.54) is 4.68 Å². The average Bonchev–Trinajstić information content (AvgIpc) is 2.80. The Morgan fingerprint density at radius 2 is 2.26 bits per heavy atom. The van der Waals surface area contributed by atoms with Gasteiger partial charge in [-0.1, -0.05) is 12.1 Å². The van der Waals surface area contributed by atoms with E-state index in [9.17, 15) is 10.1 Å². The molecule has 0 radical (unpaired) electrons. The first-order chi connectivity index (χ1) is 9.04. The summed E-state index contributed by atoms with van der Waals surface area (Å²) >= 11 is 0. The van der Waals surface area contributed by atoms with Crippen LogP contribution in [0.5, 0.6) is 5.75 Å². The molecule has 0 aliphatic heterocycles. The van der Waals surface area contributed by atoms with Crippen molar-refractivity contribution in [1.29, 1.82) is 0 Å². The molecule has 1 aromatic heterocycles. The van der Waals surface area contributed by atoms with Crippen LogP contribution in [0.15, 0.2) is 30.5 Å². The summed E-state index contributed by atoms with van der Waals surface area (Å²) in [5.74, 6) is 0.755. The minimum atomic E-state index is -0.545. The number of hydrogen-bond acceptors (Lipinski definition) is 5. The summed E-state index contributed by atoms with van der Waals surface area (Å²) in [5.41, 5.74) is 6.46. The van der Waals surface area contributed by atoms with Crippen molar-refractivity contribution in [2.45, 2.75) is 13.0 Å². The first-order valence-electron chi connectivity index (χ1n) is 5.66. The molecule has 2 N–H and O–H groups in total. The van der Waals surface area contributed by atoms with Crippen molar-refractivity contribution >= 4 is 11.5 Å². The van der Waals surface area contributed by atoms with Crippen LogP contribution >= 0.6 is 0 Å². The Morgan fingerprint density at radius 1 is 1.53 bits per heavy atom. The highest BCUT2D eigenvalue weighted by molar-refractivity contribution is 5.52. The van der Waals surface area contributed by atoms with Crippen LogP contribution in [0.3, 0.4) is 0 Å². The summed E-state index contributed by atoms with van der Waals surface area (Å²) in [6, 6.07) is 7.19. The molecule has 2 rings (SSSR count). The maximum Gasteiger partial charge on any atom is 0.330 e. The summed E-state index contributed by atoms with van der Waals surface area (Å²) in [5, 5.41) is 14.7. The number of rotatable bonds is 4. The highest BCUT2D eigenvalue weighted by Gasteiger charge is 2.21. The molecule has 19 heavy (non-hydrogen) atoms. The van der Waals surface area contributed by atoms with Crippen molar-refractivity contribution in [1.82, 2.24) is 9.78 Å². The number of anilines is 1. The third kappa shape index (κ3) is 2.35. The van der Waals surface area contributed by atoms with Gasteiger partial charge in [-0.25, -0.2) is 4.68 Å². The van der Waals surface area contributed by atoms with Crippen LogP contribution < -0.4 is 10.5 Å². The molecule has 100 valence electrons. The molecule has 1 atom stereocenters. The molecular weight excluding hydrogens is 248 g/mol. The van der Waals surface area contributed by atoms with Gasteiger partial charge in [0.15, 0.2) is 0 Å². The lowest BCUT2D eigenvalue weighted by Gasteiger charge is -2.14. The highest BCUT2D eigenvalue weighted by atomic mass is 16.6. The lowest BCUT2D eigenvalue weighted by molar-refractivity contribution is -0.384. The first kappa shape index (κ1) is 12.9. The number of nitrogens with zero attached hydrogens (tertiary/aromatic N) is 3. The van der Waals surface area contributed by atoms with E-state index in [-0.39, 0.29) is 17.5 Å². The van der Waals surface area contributed by atoms with Crippen LogP contribution in [0.2, 0.25) is 0 Å². The van der Waals surface area contributed by atoms with Crippen LogP contribution in [-0.4, -0.2) is 21.8 Å². The van der Waals surface area contributed by atoms with Crippen LogP contribution in [0.1, 0.15) is 18.5 Å². The molecule has 1 heterocycles. The largest absolute Gasteiger partial charge is 0.497 e. The van der Waals surface area contributed by atoms with Crippen molar-refractivity contribution in [2.24, 2.45) is 0 Å². The number of nitrogen functional groups attached to an aromatic ring is 1. The number of benzene rings is 1. The smallest absolute Gasteiger partial charge is 0.330 e. The molecule has 0 aliphatic rings. The zero-order valence-corrected chi connectivity index (χ0v) is 10.6. The zero-order valence-electron chi connectivity index (χ0n) is 10.6. The molecule has 0 saturated heterocycles. The lowest BCUT2D eigenvalue weighted by Crippen LogP contribution is -2.12. The molecule has 0 aliphatic carbocycles. The van der Waals surface area contributed by atoms with Crippen molar-refractivity contribution in [3.63, 3.8) is 0 Å². The molecule has 7 nitrogen and oxygen atoms in total. The van der Waals surface area contributed by atoms with Gasteiger partial charge in [0.2, 0.25) is 5.82 Å². The van der Waals surface area contributed by atoms with Gasteiger partial charge in [0.25, 0.3) is 0 Å². The Bertz CT molecular complexity index is 609. The Hall–Kier alpha value is -2.57. The van der Waals surface area contributed by atoms with Crippen molar-refractivity contribution < 1.29 is 9.66 Å². The summed E-state index contributed by atoms with van der Waals surface area (Å²) in [6.07, 6.45) is 1.16. The first-order valence-corrected chi connectivity index (χ1v) is 5.66. The minimum absolute atomic E-state index is 0.0420. The fourth-order valence-electron chi connectivity index (χ4n) is 1.85. The molecule has 0 fully saturated rings. The van der Waals surface area contributed by atoms with Crippen LogP contribution in [-0.2, 0) is 0 Å². The topological polar surface area (TPSA) is 96.2 Å². The Labute approximate surface area is 109 Å². The molecule has 0 amide bonds. The van der Waals surface area contributed by atoms with Gasteiger partial charge in [-0.2, -0.15) is 5.10 Å². The third-order valence-corrected chi connectivity index (χ3v) is 2.95. The molecule has 1 aromatic carbocycles. The number of ether oxygens (including phenoxy) is 1. The summed E-state index contributed by atoms with van der Waals surface area (Å²) in [6.45, 7) is 1.86. The van der Waals surface area contributed by atoms with Gasteiger partial charge in [0.05, 0.1) is 18.1 Å². The highest BCUT2D eigenvalue weighted by Crippen LogP contribution is 2.28. The second kappa shape index (κ2) is 4.97. The quantitative estimate of drug-likeness (QED) is 0.671. The van der Waals surface area contributed by atoms with Crippen LogP contribution in [0, 0.1) is 10.1 Å². The second-order valence-corrected chi connectivity index (χ2v) is 4.07. The average molecular weight is 262 g/mol. The Morgan fingerprint density at radius 3 is 2.84 bits per heavy atom. The monoisotopic (exact) mass is 262 g/mol. The lowest BCUT2D eigenvalue weighted by atomic mass is 10.1. The van der Waals surface area contributed by atoms with Crippen LogP contribution in [0.4, 0.5) is 11.5 Å². The van der Waals surface area contributed by atoms with Gasteiger partial charge in [0, 0.05) is 0 Å². The molecule has 0 bridgehead atoms. The molecule has 2 aromatic rings. The zero-order chi connectivity index (χ0) is 14.0. The summed E-state index contributed by atoms with van der Waals surface area (Å²) in [4.78, 5) is 10.2. The molecule has 7 heteroatoms. The molecule has 0 saturated carbocycles. The number of nitrogens with two attached hydrogens (primary N) is 1. The van der Waals surface area contributed by atoms with E-state index in [1.54, 1.807) is 7.11 Å². The summed E-state index contributed by atoms with van der Waals surface area (Å²) < 4.78 is 6.57. The van der Waals surface area contributed by atoms with Gasteiger partial charge >= 0.3 is 5.69 Å². The standard InChI is InChI=1S/C12H14N4O3/c1-8(9-4-3-5-10(6-9)19-2)15-12(13)11(7-14-15)16(17)18/h3-8H,13H2,1-2H3. The predicted octanol–water partition coefficient (Wildman–Crippen LogP) is 1.99. The number of aromatic nitrogens is 2. The van der Waals surface area contributed by atoms with E-state index in [2.05, 4.69) is 5.10 Å². The SMILES string of the molecule is COc1cccc(C(C)n2ncc([N+](=O)[O-])c2N)c1. The van der Waals surface area contributed by atoms with Gasteiger partial charge in [-0.05, 0) is 24.6 Å². The Balaban J connectivity index is 2.38. The normalized spacial score (nSPS) is 12.1. The second-order valence-electron chi connectivity index (χ2n) is 4.07. The van der Waals surface area contributed by atoms with Gasteiger partial charge in [-0.3, -0.25) is 10.1 Å². The van der Waals surface area contributed by atoms with Gasteiger partial charge in [0.1, 0.15) is 11.9 Å². The number of hydrogen-bond donors (Lipinski definition) is 1. The summed E-state index contributed by atoms with van der Waals surface area (Å²) in [7, 11) is 1.58. The van der Waals surface area contributed by atoms with Crippen molar-refractivity contribution in [3.05, 3.63) is 46.1 Å². The van der Waals surface area contributed by atoms with E-state index in [0.29, 0.717) is 5.75 Å². The van der Waals surface area contributed by atoms with Crippen molar-refractivity contribution in [3.8, 4) is 5.75 Å². The number of nitro groups is 1. The fourth-order valence-corrected chi connectivity index (χ4v) is 1.85. The van der Waals surface area contributed by atoms with Gasteiger partial charge < -0.3 is 10.5 Å². The molecule has 0 spiro atoms. The maximum atomic E-state index is 10.7. The van der Waals surface area contributed by atoms with Gasteiger partial charge in [-0.15, -0.1) is 0 Å². The third-order valence-electron chi connectivity index (χ3n) is 2.95. The van der Waals surface area contributed by atoms with Crippen LogP contribution in [0.25, 0.3) is 0 Å². The number of methoxy groups -OCH3 is 1. The molecular formula is C12H14N4O3. The minimum Gasteiger partial charge on any atom is -0.497 e. The van der Waals surface area contributed by atoms with E-state index in [0.717, 1.165) is 11.8 Å². The maximum absolute atomic E-state index is 10.7. The van der Waals surface area contributed by atoms with Crippen molar-refractivity contribution in [2.75, 3.05) is 12.8 Å². The predicted molar refractivity (Wildman–Crippen MR) is 70.1 cm³/mol.